The summed E-state index contributed by atoms with van der Waals surface area (Å²) in [6, 6.07) is 8.63. The van der Waals surface area contributed by atoms with Gasteiger partial charge in [-0.2, -0.15) is 21.0 Å². The Hall–Kier alpha value is -2.22. The molecule has 0 aromatic rings. The predicted octanol–water partition coefficient (Wildman–Crippen LogP) is 9.22. The molecule has 0 spiro atoms. The molecular formula is C37H66N6O4S2. The molecule has 0 fully saturated rings. The van der Waals surface area contributed by atoms with Gasteiger partial charge in [0.05, 0.1) is 24.3 Å². The van der Waals surface area contributed by atoms with Crippen molar-refractivity contribution in [2.24, 2.45) is 0 Å². The molecular weight excluding hydrogens is 657 g/mol. The van der Waals surface area contributed by atoms with Crippen LogP contribution in [0.15, 0.2) is 0 Å². The molecule has 0 atom stereocenters. The maximum Gasteiger partial charge on any atom is 0.235 e. The van der Waals surface area contributed by atoms with Gasteiger partial charge in [-0.05, 0) is 64.2 Å². The SMILES string of the molecule is CCCCC(CCCC)(S(=O)(=O)N(CCCCCCC#N)CCCCCCC#N)S(=O)(=O)N(CCCCCCC#N)CCCCCCC#N. The molecule has 0 heterocycles. The highest BCUT2D eigenvalue weighted by molar-refractivity contribution is 8.08. The van der Waals surface area contributed by atoms with Gasteiger partial charge in [0.25, 0.3) is 0 Å². The van der Waals surface area contributed by atoms with Crippen LogP contribution < -0.4 is 0 Å². The normalized spacial score (nSPS) is 12.1. The van der Waals surface area contributed by atoms with E-state index in [-0.39, 0.29) is 39.0 Å². The quantitative estimate of drug-likeness (QED) is 0.0592. The van der Waals surface area contributed by atoms with E-state index in [0.717, 1.165) is 77.0 Å². The van der Waals surface area contributed by atoms with Crippen LogP contribution in [0.2, 0.25) is 0 Å². The van der Waals surface area contributed by atoms with E-state index in [1.54, 1.807) is 0 Å². The standard InChI is InChI=1S/C37H66N6O4S2/c1-3-5-27-37(28-6-4-2,48(44,45)42(33-23-15-7-11-19-29-38)34-24-16-8-12-20-30-39)49(46,47)43(35-25-17-9-13-21-31-40)36-26-18-10-14-22-32-41/h3-28,33-36H2,1-2H3. The lowest BCUT2D eigenvalue weighted by Gasteiger charge is -2.41. The Morgan fingerprint density at radius 2 is 0.653 bits per heavy atom. The Morgan fingerprint density at radius 3 is 0.878 bits per heavy atom. The fraction of sp³-hybridized carbons (Fsp3) is 0.892. The van der Waals surface area contributed by atoms with Crippen molar-refractivity contribution in [2.75, 3.05) is 26.2 Å². The molecule has 0 aromatic carbocycles. The molecule has 0 unspecified atom stereocenters. The van der Waals surface area contributed by atoms with Crippen molar-refractivity contribution in [2.45, 2.75) is 185 Å². The van der Waals surface area contributed by atoms with Gasteiger partial charge in [0, 0.05) is 51.9 Å². The van der Waals surface area contributed by atoms with Gasteiger partial charge in [0.2, 0.25) is 24.1 Å². The monoisotopic (exact) mass is 722 g/mol. The topological polar surface area (TPSA) is 170 Å². The van der Waals surface area contributed by atoms with Crippen molar-refractivity contribution in [1.82, 2.24) is 8.61 Å². The van der Waals surface area contributed by atoms with Crippen molar-refractivity contribution in [3.63, 3.8) is 0 Å². The van der Waals surface area contributed by atoms with Gasteiger partial charge in [-0.3, -0.25) is 0 Å². The third kappa shape index (κ3) is 18.0. The number of nitriles is 4. The fourth-order valence-corrected chi connectivity index (χ4v) is 11.9. The smallest absolute Gasteiger partial charge is 0.210 e. The van der Waals surface area contributed by atoms with E-state index in [1.165, 1.54) is 8.61 Å². The molecule has 0 aliphatic rings. The lowest BCUT2D eigenvalue weighted by molar-refractivity contribution is 0.344. The number of unbranched alkanes of at least 4 members (excludes halogenated alkanes) is 18. The van der Waals surface area contributed by atoms with Crippen molar-refractivity contribution < 1.29 is 16.8 Å². The fourth-order valence-electron chi connectivity index (χ4n) is 6.22. The molecule has 0 aromatic heterocycles. The van der Waals surface area contributed by atoms with Gasteiger partial charge >= 0.3 is 0 Å². The largest absolute Gasteiger partial charge is 0.235 e. The van der Waals surface area contributed by atoms with Crippen LogP contribution in [-0.4, -0.2) is 55.7 Å². The van der Waals surface area contributed by atoms with E-state index in [9.17, 15) is 0 Å². The molecule has 49 heavy (non-hydrogen) atoms. The second kappa shape index (κ2) is 29.5. The van der Waals surface area contributed by atoms with Crippen LogP contribution in [-0.2, 0) is 20.0 Å². The zero-order chi connectivity index (χ0) is 36.7. The Kier molecular flexibility index (Phi) is 28.2. The Morgan fingerprint density at radius 1 is 0.408 bits per heavy atom. The highest BCUT2D eigenvalue weighted by Gasteiger charge is 2.57. The summed E-state index contributed by atoms with van der Waals surface area (Å²) in [6.45, 7) is 4.93. The molecule has 0 aliphatic heterocycles. The van der Waals surface area contributed by atoms with Crippen molar-refractivity contribution in [1.29, 1.82) is 21.0 Å². The molecule has 0 radical (unpaired) electrons. The van der Waals surface area contributed by atoms with Crippen LogP contribution >= 0.6 is 0 Å². The summed E-state index contributed by atoms with van der Waals surface area (Å²) >= 11 is 0. The van der Waals surface area contributed by atoms with Crippen molar-refractivity contribution >= 4 is 20.0 Å². The first-order valence-corrected chi connectivity index (χ1v) is 22.0. The Balaban J connectivity index is 6.69. The maximum atomic E-state index is 15.1. The number of sulfonamides is 2. The number of hydrogen-bond donors (Lipinski definition) is 0. The van der Waals surface area contributed by atoms with E-state index >= 15 is 16.8 Å². The van der Waals surface area contributed by atoms with Crippen LogP contribution in [0.4, 0.5) is 0 Å². The summed E-state index contributed by atoms with van der Waals surface area (Å²) in [5.41, 5.74) is 0. The summed E-state index contributed by atoms with van der Waals surface area (Å²) in [5, 5.41) is 35.6. The zero-order valence-electron chi connectivity index (χ0n) is 30.8. The summed E-state index contributed by atoms with van der Waals surface area (Å²) in [6.07, 6.45) is 16.1. The second-order valence-corrected chi connectivity index (χ2v) is 18.0. The minimum Gasteiger partial charge on any atom is -0.210 e. The third-order valence-corrected chi connectivity index (χ3v) is 15.3. The van der Waals surface area contributed by atoms with Gasteiger partial charge in [-0.25, -0.2) is 25.4 Å². The molecule has 0 N–H and O–H groups in total. The van der Waals surface area contributed by atoms with E-state index in [1.807, 2.05) is 13.8 Å². The molecule has 0 aliphatic carbocycles. The second-order valence-electron chi connectivity index (χ2n) is 13.2. The first-order valence-electron chi connectivity index (χ1n) is 19.1. The molecule has 0 rings (SSSR count). The first-order chi connectivity index (χ1) is 23.7. The van der Waals surface area contributed by atoms with Gasteiger partial charge in [0.1, 0.15) is 0 Å². The lowest BCUT2D eigenvalue weighted by Crippen LogP contribution is -2.58. The van der Waals surface area contributed by atoms with E-state index in [2.05, 4.69) is 24.3 Å². The summed E-state index contributed by atoms with van der Waals surface area (Å²) in [5.74, 6) is 0. The van der Waals surface area contributed by atoms with Crippen molar-refractivity contribution in [3.05, 3.63) is 0 Å². The summed E-state index contributed by atoms with van der Waals surface area (Å²) in [4.78, 5) is 0. The molecule has 0 bridgehead atoms. The summed E-state index contributed by atoms with van der Waals surface area (Å²) < 4.78 is 61.5. The number of nitrogens with zero attached hydrogens (tertiary/aromatic N) is 6. The average Bonchev–Trinajstić information content (AvgIpc) is 3.08. The average molecular weight is 723 g/mol. The molecule has 0 saturated carbocycles. The number of rotatable bonds is 34. The highest BCUT2D eigenvalue weighted by Crippen LogP contribution is 2.41. The Labute approximate surface area is 300 Å². The lowest BCUT2D eigenvalue weighted by atomic mass is 10.1. The molecule has 0 amide bonds. The van der Waals surface area contributed by atoms with Crippen LogP contribution in [0.1, 0.15) is 181 Å². The van der Waals surface area contributed by atoms with Crippen LogP contribution in [0, 0.1) is 45.3 Å². The third-order valence-electron chi connectivity index (χ3n) is 9.23. The molecule has 10 nitrogen and oxygen atoms in total. The van der Waals surface area contributed by atoms with Crippen LogP contribution in [0.3, 0.4) is 0 Å². The minimum absolute atomic E-state index is 0.0514. The molecule has 0 saturated heterocycles. The van der Waals surface area contributed by atoms with E-state index < -0.39 is 24.1 Å². The first kappa shape index (κ1) is 46.8. The van der Waals surface area contributed by atoms with Crippen molar-refractivity contribution in [3.8, 4) is 24.3 Å². The minimum atomic E-state index is -4.33. The van der Waals surface area contributed by atoms with Gasteiger partial charge in [0.15, 0.2) is 0 Å². The Bertz CT molecular complexity index is 1080. The van der Waals surface area contributed by atoms with E-state index in [4.69, 9.17) is 21.0 Å². The summed E-state index contributed by atoms with van der Waals surface area (Å²) in [7, 11) is -8.65. The zero-order valence-corrected chi connectivity index (χ0v) is 32.5. The van der Waals surface area contributed by atoms with Gasteiger partial charge < -0.3 is 0 Å². The number of hydrogen-bond acceptors (Lipinski definition) is 8. The maximum absolute atomic E-state index is 15.1. The molecule has 280 valence electrons. The molecule has 12 heteroatoms. The van der Waals surface area contributed by atoms with Gasteiger partial charge in [-0.1, -0.05) is 90.9 Å². The van der Waals surface area contributed by atoms with E-state index in [0.29, 0.717) is 77.0 Å². The predicted molar refractivity (Wildman–Crippen MR) is 198 cm³/mol. The van der Waals surface area contributed by atoms with Crippen LogP contribution in [0.25, 0.3) is 0 Å². The van der Waals surface area contributed by atoms with Gasteiger partial charge in [-0.15, -0.1) is 0 Å². The highest BCUT2D eigenvalue weighted by atomic mass is 32.3. The van der Waals surface area contributed by atoms with Crippen LogP contribution in [0.5, 0.6) is 0 Å².